The van der Waals surface area contributed by atoms with E-state index in [4.69, 9.17) is 6.42 Å². The number of hydrogen-bond acceptors (Lipinski definition) is 3. The zero-order valence-electron chi connectivity index (χ0n) is 7.04. The predicted octanol–water partition coefficient (Wildman–Crippen LogP) is 0.508. The third kappa shape index (κ3) is 2.69. The van der Waals surface area contributed by atoms with Gasteiger partial charge < -0.3 is 5.32 Å². The van der Waals surface area contributed by atoms with Crippen LogP contribution in [0.15, 0.2) is 12.3 Å². The fourth-order valence-electron chi connectivity index (χ4n) is 0.866. The first kappa shape index (κ1) is 8.69. The van der Waals surface area contributed by atoms with E-state index >= 15 is 0 Å². The first-order valence-electron chi connectivity index (χ1n) is 3.75. The summed E-state index contributed by atoms with van der Waals surface area (Å²) < 4.78 is 0. The predicted molar refractivity (Wildman–Crippen MR) is 47.3 cm³/mol. The van der Waals surface area contributed by atoms with Crippen LogP contribution in [-0.4, -0.2) is 16.5 Å². The summed E-state index contributed by atoms with van der Waals surface area (Å²) in [7, 11) is 0. The molecule has 0 radical (unpaired) electrons. The Kier molecular flexibility index (Phi) is 3.24. The minimum atomic E-state index is 0.572. The lowest BCUT2D eigenvalue weighted by molar-refractivity contribution is 0.741. The molecule has 0 unspecified atom stereocenters. The fourth-order valence-corrected chi connectivity index (χ4v) is 0.866. The van der Waals surface area contributed by atoms with Gasteiger partial charge in [-0.05, 0) is 13.0 Å². The molecular weight excluding hydrogens is 150 g/mol. The molecule has 3 heteroatoms. The normalized spacial score (nSPS) is 9.33. The molecule has 0 fully saturated rings. The van der Waals surface area contributed by atoms with Gasteiger partial charge in [-0.25, -0.2) is 9.97 Å². The van der Waals surface area contributed by atoms with Gasteiger partial charge in [0.2, 0.25) is 0 Å². The standard InChI is InChI=1S/C9H11N3/c1-3-5-10-7-9-4-6-11-8(2)12-9/h1,4,6,10H,5,7H2,2H3. The van der Waals surface area contributed by atoms with Crippen molar-refractivity contribution in [3.63, 3.8) is 0 Å². The zero-order chi connectivity index (χ0) is 8.81. The lowest BCUT2D eigenvalue weighted by Gasteiger charge is -2.00. The molecular formula is C9H11N3. The molecule has 62 valence electrons. The summed E-state index contributed by atoms with van der Waals surface area (Å²) in [4.78, 5) is 8.19. The maximum Gasteiger partial charge on any atom is 0.125 e. The van der Waals surface area contributed by atoms with Crippen LogP contribution in [-0.2, 0) is 6.54 Å². The topological polar surface area (TPSA) is 37.8 Å². The Bertz CT molecular complexity index is 288. The van der Waals surface area contributed by atoms with Crippen LogP contribution in [0.2, 0.25) is 0 Å². The highest BCUT2D eigenvalue weighted by atomic mass is 14.9. The molecule has 0 aliphatic carbocycles. The van der Waals surface area contributed by atoms with E-state index < -0.39 is 0 Å². The summed E-state index contributed by atoms with van der Waals surface area (Å²) in [5.41, 5.74) is 0.970. The Morgan fingerprint density at radius 2 is 2.50 bits per heavy atom. The molecule has 0 saturated heterocycles. The van der Waals surface area contributed by atoms with Crippen molar-refractivity contribution in [2.45, 2.75) is 13.5 Å². The number of hydrogen-bond donors (Lipinski definition) is 1. The highest BCUT2D eigenvalue weighted by Gasteiger charge is 1.92. The first-order chi connectivity index (χ1) is 5.83. The average Bonchev–Trinajstić information content (AvgIpc) is 2.05. The van der Waals surface area contributed by atoms with E-state index in [0.717, 1.165) is 11.5 Å². The number of aromatic nitrogens is 2. The van der Waals surface area contributed by atoms with Gasteiger partial charge in [0, 0.05) is 12.7 Å². The highest BCUT2D eigenvalue weighted by molar-refractivity contribution is 5.01. The molecule has 0 bridgehead atoms. The second-order valence-electron chi connectivity index (χ2n) is 2.40. The van der Waals surface area contributed by atoms with Gasteiger partial charge in [0.15, 0.2) is 0 Å². The van der Waals surface area contributed by atoms with Crippen molar-refractivity contribution in [2.75, 3.05) is 6.54 Å². The molecule has 3 nitrogen and oxygen atoms in total. The molecule has 0 aromatic carbocycles. The Balaban J connectivity index is 2.48. The van der Waals surface area contributed by atoms with Crippen LogP contribution in [0.5, 0.6) is 0 Å². The van der Waals surface area contributed by atoms with E-state index in [1.54, 1.807) is 6.20 Å². The Labute approximate surface area is 72.2 Å². The van der Waals surface area contributed by atoms with Crippen molar-refractivity contribution in [3.05, 3.63) is 23.8 Å². The summed E-state index contributed by atoms with van der Waals surface area (Å²) >= 11 is 0. The molecule has 1 aromatic heterocycles. The minimum absolute atomic E-state index is 0.572. The van der Waals surface area contributed by atoms with Crippen LogP contribution < -0.4 is 5.32 Å². The van der Waals surface area contributed by atoms with Gasteiger partial charge >= 0.3 is 0 Å². The average molecular weight is 161 g/mol. The molecule has 0 aliphatic heterocycles. The maximum atomic E-state index is 5.08. The molecule has 0 saturated carbocycles. The van der Waals surface area contributed by atoms with Crippen LogP contribution in [0.1, 0.15) is 11.5 Å². The minimum Gasteiger partial charge on any atom is -0.301 e. The second-order valence-corrected chi connectivity index (χ2v) is 2.40. The van der Waals surface area contributed by atoms with Gasteiger partial charge in [0.05, 0.1) is 12.2 Å². The van der Waals surface area contributed by atoms with E-state index in [1.807, 2.05) is 13.0 Å². The van der Waals surface area contributed by atoms with Crippen molar-refractivity contribution in [2.24, 2.45) is 0 Å². The molecule has 1 N–H and O–H groups in total. The molecule has 1 aromatic rings. The number of aryl methyl sites for hydroxylation is 1. The Morgan fingerprint density at radius 1 is 1.67 bits per heavy atom. The van der Waals surface area contributed by atoms with Crippen LogP contribution in [0, 0.1) is 19.3 Å². The van der Waals surface area contributed by atoms with Gasteiger partial charge in [-0.1, -0.05) is 5.92 Å². The number of nitrogens with zero attached hydrogens (tertiary/aromatic N) is 2. The van der Waals surface area contributed by atoms with E-state index in [-0.39, 0.29) is 0 Å². The van der Waals surface area contributed by atoms with Crippen molar-refractivity contribution in [1.82, 2.24) is 15.3 Å². The van der Waals surface area contributed by atoms with Gasteiger partial charge in [-0.15, -0.1) is 6.42 Å². The highest BCUT2D eigenvalue weighted by Crippen LogP contribution is 1.92. The van der Waals surface area contributed by atoms with Gasteiger partial charge in [0.25, 0.3) is 0 Å². The fraction of sp³-hybridized carbons (Fsp3) is 0.333. The van der Waals surface area contributed by atoms with Crippen molar-refractivity contribution in [3.8, 4) is 12.3 Å². The Morgan fingerprint density at radius 3 is 3.17 bits per heavy atom. The van der Waals surface area contributed by atoms with Crippen LogP contribution in [0.4, 0.5) is 0 Å². The molecule has 0 spiro atoms. The zero-order valence-corrected chi connectivity index (χ0v) is 7.04. The van der Waals surface area contributed by atoms with Crippen molar-refractivity contribution < 1.29 is 0 Å². The van der Waals surface area contributed by atoms with Gasteiger partial charge in [-0.3, -0.25) is 0 Å². The SMILES string of the molecule is C#CCNCc1ccnc(C)n1. The second kappa shape index (κ2) is 4.47. The molecule has 0 atom stereocenters. The lowest BCUT2D eigenvalue weighted by Crippen LogP contribution is -2.14. The smallest absolute Gasteiger partial charge is 0.125 e. The summed E-state index contributed by atoms with van der Waals surface area (Å²) in [6, 6.07) is 1.87. The number of nitrogens with one attached hydrogen (secondary N) is 1. The molecule has 12 heavy (non-hydrogen) atoms. The van der Waals surface area contributed by atoms with E-state index in [2.05, 4.69) is 21.2 Å². The van der Waals surface area contributed by atoms with Gasteiger partial charge in [0.1, 0.15) is 5.82 Å². The number of terminal acetylenes is 1. The lowest BCUT2D eigenvalue weighted by atomic mass is 10.4. The summed E-state index contributed by atoms with van der Waals surface area (Å²) in [6.45, 7) is 3.14. The van der Waals surface area contributed by atoms with Crippen molar-refractivity contribution >= 4 is 0 Å². The largest absolute Gasteiger partial charge is 0.301 e. The third-order valence-corrected chi connectivity index (χ3v) is 1.37. The molecule has 0 amide bonds. The maximum absolute atomic E-state index is 5.08. The molecule has 0 aliphatic rings. The van der Waals surface area contributed by atoms with Crippen LogP contribution in [0.25, 0.3) is 0 Å². The first-order valence-corrected chi connectivity index (χ1v) is 3.75. The monoisotopic (exact) mass is 161 g/mol. The molecule has 1 heterocycles. The third-order valence-electron chi connectivity index (χ3n) is 1.37. The summed E-state index contributed by atoms with van der Waals surface area (Å²) in [5, 5.41) is 3.05. The van der Waals surface area contributed by atoms with E-state index in [9.17, 15) is 0 Å². The number of rotatable bonds is 3. The van der Waals surface area contributed by atoms with E-state index in [0.29, 0.717) is 13.1 Å². The van der Waals surface area contributed by atoms with Crippen molar-refractivity contribution in [1.29, 1.82) is 0 Å². The Hall–Kier alpha value is -1.40. The van der Waals surface area contributed by atoms with Gasteiger partial charge in [-0.2, -0.15) is 0 Å². The van der Waals surface area contributed by atoms with E-state index in [1.165, 1.54) is 0 Å². The summed E-state index contributed by atoms with van der Waals surface area (Å²) in [6.07, 6.45) is 6.82. The van der Waals surface area contributed by atoms with Crippen LogP contribution in [0.3, 0.4) is 0 Å². The quantitative estimate of drug-likeness (QED) is 0.518. The van der Waals surface area contributed by atoms with Crippen LogP contribution >= 0.6 is 0 Å². The molecule has 1 rings (SSSR count). The summed E-state index contributed by atoms with van der Waals surface area (Å²) in [5.74, 6) is 3.29.